The minimum Gasteiger partial charge on any atom is -0.497 e. The van der Waals surface area contributed by atoms with Crippen molar-refractivity contribution in [1.82, 2.24) is 4.98 Å². The van der Waals surface area contributed by atoms with E-state index in [1.165, 1.54) is 49.3 Å². The summed E-state index contributed by atoms with van der Waals surface area (Å²) in [4.78, 5) is 4.48. The van der Waals surface area contributed by atoms with Crippen molar-refractivity contribution in [2.45, 2.75) is 38.5 Å². The van der Waals surface area contributed by atoms with E-state index in [2.05, 4.69) is 22.4 Å². The lowest BCUT2D eigenvalue weighted by atomic mass is 10.0. The Morgan fingerprint density at radius 2 is 2.10 bits per heavy atom. The molecule has 3 heteroatoms. The zero-order chi connectivity index (χ0) is 14.5. The average molecular weight is 284 g/mol. The Morgan fingerprint density at radius 1 is 1.24 bits per heavy atom. The van der Waals surface area contributed by atoms with Gasteiger partial charge in [-0.15, -0.1) is 0 Å². The molecule has 21 heavy (non-hydrogen) atoms. The zero-order valence-electron chi connectivity index (χ0n) is 12.8. The normalized spacial score (nSPS) is 15.5. The van der Waals surface area contributed by atoms with E-state index >= 15 is 0 Å². The monoisotopic (exact) mass is 284 g/mol. The number of ether oxygens (including phenoxy) is 1. The van der Waals surface area contributed by atoms with E-state index in [0.29, 0.717) is 0 Å². The molecule has 0 saturated heterocycles. The summed E-state index contributed by atoms with van der Waals surface area (Å²) in [5.41, 5.74) is 0. The van der Waals surface area contributed by atoms with Crippen molar-refractivity contribution in [3.8, 4) is 5.75 Å². The van der Waals surface area contributed by atoms with Crippen LogP contribution >= 0.6 is 0 Å². The van der Waals surface area contributed by atoms with Crippen molar-refractivity contribution >= 4 is 16.6 Å². The van der Waals surface area contributed by atoms with Gasteiger partial charge in [-0.25, -0.2) is 4.98 Å². The molecule has 0 amide bonds. The number of aromatic nitrogens is 1. The fraction of sp³-hybridized carbons (Fsp3) is 0.500. The van der Waals surface area contributed by atoms with Crippen molar-refractivity contribution in [2.24, 2.45) is 5.92 Å². The molecule has 1 fully saturated rings. The van der Waals surface area contributed by atoms with E-state index in [9.17, 15) is 0 Å². The lowest BCUT2D eigenvalue weighted by molar-refractivity contribution is 0.415. The van der Waals surface area contributed by atoms with E-state index in [1.54, 1.807) is 7.11 Å². The fourth-order valence-electron chi connectivity index (χ4n) is 3.32. The maximum absolute atomic E-state index is 5.28. The summed E-state index contributed by atoms with van der Waals surface area (Å²) in [5.74, 6) is 2.85. The van der Waals surface area contributed by atoms with Crippen LogP contribution in [0.15, 0.2) is 30.5 Å². The SMILES string of the molecule is COc1ccc2c(NCCCC3CCCC3)nccc2c1. The molecule has 1 saturated carbocycles. The van der Waals surface area contributed by atoms with Gasteiger partial charge in [0.05, 0.1) is 7.11 Å². The molecule has 0 aliphatic heterocycles. The first kappa shape index (κ1) is 14.2. The van der Waals surface area contributed by atoms with Crippen molar-refractivity contribution < 1.29 is 4.74 Å². The number of nitrogens with one attached hydrogen (secondary N) is 1. The number of anilines is 1. The summed E-state index contributed by atoms with van der Waals surface area (Å²) in [7, 11) is 1.70. The maximum atomic E-state index is 5.28. The Bertz CT molecular complexity index is 591. The molecule has 1 aliphatic rings. The highest BCUT2D eigenvalue weighted by Gasteiger charge is 2.14. The Hall–Kier alpha value is -1.77. The van der Waals surface area contributed by atoms with Gasteiger partial charge < -0.3 is 10.1 Å². The van der Waals surface area contributed by atoms with Crippen molar-refractivity contribution in [2.75, 3.05) is 19.0 Å². The highest BCUT2D eigenvalue weighted by atomic mass is 16.5. The molecule has 1 aromatic heterocycles. The zero-order valence-corrected chi connectivity index (χ0v) is 12.8. The van der Waals surface area contributed by atoms with Crippen LogP contribution in [0, 0.1) is 5.92 Å². The van der Waals surface area contributed by atoms with Crippen LogP contribution in [-0.2, 0) is 0 Å². The third-order valence-electron chi connectivity index (χ3n) is 4.53. The smallest absolute Gasteiger partial charge is 0.133 e. The van der Waals surface area contributed by atoms with E-state index < -0.39 is 0 Å². The molecule has 0 spiro atoms. The first-order chi connectivity index (χ1) is 10.4. The largest absolute Gasteiger partial charge is 0.497 e. The molecule has 1 heterocycles. The molecule has 3 nitrogen and oxygen atoms in total. The lowest BCUT2D eigenvalue weighted by Crippen LogP contribution is -2.05. The van der Waals surface area contributed by atoms with Gasteiger partial charge in [0.2, 0.25) is 0 Å². The van der Waals surface area contributed by atoms with Crippen LogP contribution in [-0.4, -0.2) is 18.6 Å². The molecule has 0 bridgehead atoms. The maximum Gasteiger partial charge on any atom is 0.133 e. The molecule has 112 valence electrons. The number of hydrogen-bond acceptors (Lipinski definition) is 3. The van der Waals surface area contributed by atoms with Gasteiger partial charge in [0, 0.05) is 18.1 Å². The van der Waals surface area contributed by atoms with Gasteiger partial charge in [-0.3, -0.25) is 0 Å². The van der Waals surface area contributed by atoms with Gasteiger partial charge in [-0.1, -0.05) is 25.7 Å². The number of nitrogens with zero attached hydrogens (tertiary/aromatic N) is 1. The molecular formula is C18H24N2O. The van der Waals surface area contributed by atoms with Crippen LogP contribution in [0.5, 0.6) is 5.75 Å². The Labute approximate surface area is 126 Å². The Morgan fingerprint density at radius 3 is 2.90 bits per heavy atom. The molecule has 1 aromatic carbocycles. The van der Waals surface area contributed by atoms with Gasteiger partial charge in [-0.05, 0) is 48.4 Å². The van der Waals surface area contributed by atoms with E-state index in [1.807, 2.05) is 18.3 Å². The number of pyridine rings is 1. The van der Waals surface area contributed by atoms with Gasteiger partial charge in [0.1, 0.15) is 11.6 Å². The fourth-order valence-corrected chi connectivity index (χ4v) is 3.32. The Balaban J connectivity index is 1.60. The summed E-state index contributed by atoms with van der Waals surface area (Å²) in [6.45, 7) is 1.01. The predicted octanol–water partition coefficient (Wildman–Crippen LogP) is 4.63. The van der Waals surface area contributed by atoms with Gasteiger partial charge in [-0.2, -0.15) is 0 Å². The minimum absolute atomic E-state index is 0.890. The first-order valence-corrected chi connectivity index (χ1v) is 8.03. The number of hydrogen-bond donors (Lipinski definition) is 1. The van der Waals surface area contributed by atoms with Gasteiger partial charge in [0.25, 0.3) is 0 Å². The van der Waals surface area contributed by atoms with Crippen molar-refractivity contribution in [1.29, 1.82) is 0 Å². The molecule has 3 rings (SSSR count). The second-order valence-corrected chi connectivity index (χ2v) is 5.97. The van der Waals surface area contributed by atoms with Crippen LogP contribution in [0.25, 0.3) is 10.8 Å². The van der Waals surface area contributed by atoms with Crippen LogP contribution in [0.2, 0.25) is 0 Å². The van der Waals surface area contributed by atoms with Gasteiger partial charge >= 0.3 is 0 Å². The lowest BCUT2D eigenvalue weighted by Gasteiger charge is -2.11. The minimum atomic E-state index is 0.890. The summed E-state index contributed by atoms with van der Waals surface area (Å²) >= 11 is 0. The van der Waals surface area contributed by atoms with Crippen molar-refractivity contribution in [3.63, 3.8) is 0 Å². The number of benzene rings is 1. The molecular weight excluding hydrogens is 260 g/mol. The van der Waals surface area contributed by atoms with Crippen LogP contribution in [0.4, 0.5) is 5.82 Å². The average Bonchev–Trinajstić information content (AvgIpc) is 3.04. The van der Waals surface area contributed by atoms with Crippen molar-refractivity contribution in [3.05, 3.63) is 30.5 Å². The quantitative estimate of drug-likeness (QED) is 0.786. The molecule has 1 aliphatic carbocycles. The predicted molar refractivity (Wildman–Crippen MR) is 88.0 cm³/mol. The van der Waals surface area contributed by atoms with E-state index in [4.69, 9.17) is 4.74 Å². The standard InChI is InChI=1S/C18H24N2O/c1-21-16-8-9-17-15(13-16)10-12-20-18(17)19-11-4-7-14-5-2-3-6-14/h8-10,12-14H,2-7,11H2,1H3,(H,19,20). The van der Waals surface area contributed by atoms with Crippen LogP contribution in [0.3, 0.4) is 0 Å². The second kappa shape index (κ2) is 6.79. The van der Waals surface area contributed by atoms with E-state index in [-0.39, 0.29) is 0 Å². The third-order valence-corrected chi connectivity index (χ3v) is 4.53. The third kappa shape index (κ3) is 3.46. The molecule has 2 aromatic rings. The molecule has 1 N–H and O–H groups in total. The molecule has 0 atom stereocenters. The number of rotatable bonds is 6. The number of fused-ring (bicyclic) bond motifs is 1. The van der Waals surface area contributed by atoms with E-state index in [0.717, 1.165) is 24.0 Å². The topological polar surface area (TPSA) is 34.1 Å². The van der Waals surface area contributed by atoms with Crippen LogP contribution in [0.1, 0.15) is 38.5 Å². The molecule has 0 radical (unpaired) electrons. The summed E-state index contributed by atoms with van der Waals surface area (Å²) in [6.07, 6.45) is 10.2. The van der Waals surface area contributed by atoms with Crippen LogP contribution < -0.4 is 10.1 Å². The molecule has 0 unspecified atom stereocenters. The summed E-state index contributed by atoms with van der Waals surface area (Å²) in [6, 6.07) is 8.16. The first-order valence-electron chi connectivity index (χ1n) is 8.03. The number of methoxy groups -OCH3 is 1. The summed E-state index contributed by atoms with van der Waals surface area (Å²) < 4.78 is 5.28. The highest BCUT2D eigenvalue weighted by Crippen LogP contribution is 2.29. The summed E-state index contributed by atoms with van der Waals surface area (Å²) in [5, 5.41) is 5.83. The van der Waals surface area contributed by atoms with Gasteiger partial charge in [0.15, 0.2) is 0 Å². The second-order valence-electron chi connectivity index (χ2n) is 5.97. The highest BCUT2D eigenvalue weighted by molar-refractivity contribution is 5.92. The Kier molecular flexibility index (Phi) is 4.59.